The third-order valence-electron chi connectivity index (χ3n) is 5.02. The van der Waals surface area contributed by atoms with Gasteiger partial charge in [0.2, 0.25) is 0 Å². The molecule has 2 aromatic rings. The van der Waals surface area contributed by atoms with Crippen molar-refractivity contribution < 1.29 is 17.6 Å². The largest absolute Gasteiger partial charge is 0.417 e. The van der Waals surface area contributed by atoms with Crippen LogP contribution >= 0.6 is 12.2 Å². The van der Waals surface area contributed by atoms with E-state index in [-0.39, 0.29) is 16.6 Å². The van der Waals surface area contributed by atoms with E-state index >= 15 is 0 Å². The van der Waals surface area contributed by atoms with Gasteiger partial charge < -0.3 is 4.90 Å². The molecule has 0 aromatic heterocycles. The zero-order valence-corrected chi connectivity index (χ0v) is 17.3. The molecule has 1 unspecified atom stereocenters. The van der Waals surface area contributed by atoms with Gasteiger partial charge >= 0.3 is 6.18 Å². The van der Waals surface area contributed by atoms with Crippen molar-refractivity contribution in [2.45, 2.75) is 25.6 Å². The molecule has 1 fully saturated rings. The number of nitriles is 1. The Morgan fingerprint density at radius 3 is 2.23 bits per heavy atom. The van der Waals surface area contributed by atoms with Crippen LogP contribution in [-0.2, 0) is 6.18 Å². The van der Waals surface area contributed by atoms with Crippen molar-refractivity contribution in [3.8, 4) is 6.07 Å². The van der Waals surface area contributed by atoms with Gasteiger partial charge in [0.15, 0.2) is 5.11 Å². The number of amidine groups is 1. The number of hydrogen-bond acceptors (Lipinski definition) is 3. The van der Waals surface area contributed by atoms with E-state index in [9.17, 15) is 17.6 Å². The van der Waals surface area contributed by atoms with Crippen molar-refractivity contribution in [2.24, 2.45) is 4.99 Å². The molecule has 1 atom stereocenters. The number of alkyl halides is 4. The summed E-state index contributed by atoms with van der Waals surface area (Å²) in [4.78, 5) is 7.05. The fraction of sp³-hybridized carbons (Fsp3) is 0.286. The normalized spacial score (nSPS) is 20.7. The Labute approximate surface area is 177 Å². The van der Waals surface area contributed by atoms with Crippen LogP contribution in [0.2, 0.25) is 0 Å². The van der Waals surface area contributed by atoms with Gasteiger partial charge in [-0.3, -0.25) is 9.89 Å². The van der Waals surface area contributed by atoms with E-state index in [1.54, 1.807) is 30.0 Å². The zero-order chi connectivity index (χ0) is 22.3. The molecule has 1 saturated heterocycles. The van der Waals surface area contributed by atoms with E-state index in [0.717, 1.165) is 17.7 Å². The molecule has 2 aromatic carbocycles. The van der Waals surface area contributed by atoms with Gasteiger partial charge in [-0.25, -0.2) is 4.39 Å². The smallest absolute Gasteiger partial charge is 0.302 e. The highest BCUT2D eigenvalue weighted by Crippen LogP contribution is 2.40. The highest BCUT2D eigenvalue weighted by atomic mass is 32.1. The standard InChI is InChI=1S/C21H18F4N4S/c1-13-4-7-15(8-5-13)29-19(30)28(18(27-3)20(29,2)12-22)16-9-6-14(11-26)17(10-16)21(23,24)25/h4-10H,12H2,1-3H3/b27-18+. The molecule has 1 heterocycles. The molecule has 0 aliphatic carbocycles. The number of benzene rings is 2. The molecule has 156 valence electrons. The molecule has 0 N–H and O–H groups in total. The van der Waals surface area contributed by atoms with Gasteiger partial charge in [-0.2, -0.15) is 18.4 Å². The lowest BCUT2D eigenvalue weighted by atomic mass is 10.00. The van der Waals surface area contributed by atoms with Crippen LogP contribution in [0.3, 0.4) is 0 Å². The predicted octanol–water partition coefficient (Wildman–Crippen LogP) is 5.25. The van der Waals surface area contributed by atoms with Crippen LogP contribution in [0, 0.1) is 18.3 Å². The van der Waals surface area contributed by atoms with Crippen molar-refractivity contribution in [2.75, 3.05) is 23.5 Å². The summed E-state index contributed by atoms with van der Waals surface area (Å²) in [5.41, 5.74) is -1.26. The van der Waals surface area contributed by atoms with Gasteiger partial charge in [0.25, 0.3) is 0 Å². The van der Waals surface area contributed by atoms with Gasteiger partial charge in [0.1, 0.15) is 18.0 Å². The SMILES string of the molecule is C/N=C1/N(c2ccc(C#N)c(C(F)(F)F)c2)C(=S)N(c2ccc(C)cc2)C1(C)CF. The Bertz CT molecular complexity index is 1060. The maximum absolute atomic E-state index is 14.4. The highest BCUT2D eigenvalue weighted by molar-refractivity contribution is 7.81. The average Bonchev–Trinajstić information content (AvgIpc) is 2.94. The molecular weight excluding hydrogens is 416 g/mol. The summed E-state index contributed by atoms with van der Waals surface area (Å²) in [5, 5.41) is 9.15. The highest BCUT2D eigenvalue weighted by Gasteiger charge is 2.51. The van der Waals surface area contributed by atoms with Gasteiger partial charge in [-0.05, 0) is 56.4 Å². The number of halogens is 4. The van der Waals surface area contributed by atoms with E-state index < -0.39 is 29.5 Å². The minimum Gasteiger partial charge on any atom is -0.302 e. The van der Waals surface area contributed by atoms with Gasteiger partial charge in [-0.15, -0.1) is 0 Å². The van der Waals surface area contributed by atoms with Crippen LogP contribution < -0.4 is 9.80 Å². The summed E-state index contributed by atoms with van der Waals surface area (Å²) in [6, 6.07) is 12.0. The lowest BCUT2D eigenvalue weighted by Crippen LogP contribution is -2.49. The predicted molar refractivity (Wildman–Crippen MR) is 113 cm³/mol. The van der Waals surface area contributed by atoms with Crippen LogP contribution in [0.5, 0.6) is 0 Å². The third kappa shape index (κ3) is 3.41. The summed E-state index contributed by atoms with van der Waals surface area (Å²) < 4.78 is 54.8. The lowest BCUT2D eigenvalue weighted by molar-refractivity contribution is -0.137. The number of aryl methyl sites for hydroxylation is 1. The maximum Gasteiger partial charge on any atom is 0.417 e. The van der Waals surface area contributed by atoms with Crippen molar-refractivity contribution in [3.63, 3.8) is 0 Å². The fourth-order valence-electron chi connectivity index (χ4n) is 3.53. The maximum atomic E-state index is 14.4. The van der Waals surface area contributed by atoms with Crippen molar-refractivity contribution >= 4 is 34.5 Å². The molecule has 0 radical (unpaired) electrons. The first-order valence-electron chi connectivity index (χ1n) is 8.94. The number of aliphatic imine (C=N–C) groups is 1. The van der Waals surface area contributed by atoms with Gasteiger partial charge in [0, 0.05) is 12.7 Å². The molecule has 30 heavy (non-hydrogen) atoms. The molecule has 4 nitrogen and oxygen atoms in total. The number of thiocarbonyl (C=S) groups is 1. The monoisotopic (exact) mass is 434 g/mol. The lowest BCUT2D eigenvalue weighted by Gasteiger charge is -2.32. The first kappa shape index (κ1) is 21.7. The Hall–Kier alpha value is -2.99. The number of nitrogens with zero attached hydrogens (tertiary/aromatic N) is 4. The molecule has 1 aliphatic rings. The van der Waals surface area contributed by atoms with E-state index in [1.807, 2.05) is 19.1 Å². The quantitative estimate of drug-likeness (QED) is 0.489. The minimum absolute atomic E-state index is 0.0567. The number of hydrogen-bond donors (Lipinski definition) is 0. The second-order valence-electron chi connectivity index (χ2n) is 7.08. The van der Waals surface area contributed by atoms with Crippen LogP contribution in [0.1, 0.15) is 23.6 Å². The van der Waals surface area contributed by atoms with Crippen LogP contribution in [0.15, 0.2) is 47.5 Å². The average molecular weight is 434 g/mol. The van der Waals surface area contributed by atoms with Crippen LogP contribution in [-0.4, -0.2) is 30.2 Å². The topological polar surface area (TPSA) is 42.6 Å². The molecule has 0 amide bonds. The van der Waals surface area contributed by atoms with Crippen molar-refractivity contribution in [1.29, 1.82) is 5.26 Å². The summed E-state index contributed by atoms with van der Waals surface area (Å²) in [6.45, 7) is 2.63. The Morgan fingerprint density at radius 1 is 1.13 bits per heavy atom. The van der Waals surface area contributed by atoms with Crippen LogP contribution in [0.4, 0.5) is 28.9 Å². The van der Waals surface area contributed by atoms with Gasteiger partial charge in [0.05, 0.1) is 22.9 Å². The first-order valence-corrected chi connectivity index (χ1v) is 9.35. The fourth-order valence-corrected chi connectivity index (χ4v) is 4.03. The van der Waals surface area contributed by atoms with Crippen molar-refractivity contribution in [3.05, 3.63) is 59.2 Å². The second kappa shape index (κ2) is 7.69. The molecule has 9 heteroatoms. The second-order valence-corrected chi connectivity index (χ2v) is 7.45. The van der Waals surface area contributed by atoms with Gasteiger partial charge in [-0.1, -0.05) is 17.7 Å². The minimum atomic E-state index is -4.73. The van der Waals surface area contributed by atoms with E-state index in [1.165, 1.54) is 18.0 Å². The zero-order valence-electron chi connectivity index (χ0n) is 16.5. The molecule has 0 saturated carbocycles. The van der Waals surface area contributed by atoms with E-state index in [0.29, 0.717) is 5.69 Å². The third-order valence-corrected chi connectivity index (χ3v) is 5.39. The first-order chi connectivity index (χ1) is 14.1. The summed E-state index contributed by atoms with van der Waals surface area (Å²) in [6.07, 6.45) is -4.73. The van der Waals surface area contributed by atoms with E-state index in [2.05, 4.69) is 4.99 Å². The van der Waals surface area contributed by atoms with E-state index in [4.69, 9.17) is 17.5 Å². The Morgan fingerprint density at radius 2 is 1.73 bits per heavy atom. The summed E-state index contributed by atoms with van der Waals surface area (Å²) in [7, 11) is 1.44. The molecule has 1 aliphatic heterocycles. The van der Waals surface area contributed by atoms with Crippen LogP contribution in [0.25, 0.3) is 0 Å². The summed E-state index contributed by atoms with van der Waals surface area (Å²) in [5.74, 6) is 0.174. The number of anilines is 2. The number of rotatable bonds is 3. The Kier molecular flexibility index (Phi) is 5.56. The molecule has 0 spiro atoms. The molecule has 3 rings (SSSR count). The molecule has 0 bridgehead atoms. The summed E-state index contributed by atoms with van der Waals surface area (Å²) >= 11 is 5.57. The molecular formula is C21H18F4N4S. The Balaban J connectivity index is 2.20. The van der Waals surface area contributed by atoms with Crippen molar-refractivity contribution in [1.82, 2.24) is 0 Å².